The molecule has 3 aromatic rings. The third-order valence-electron chi connectivity index (χ3n) is 6.46. The van der Waals surface area contributed by atoms with Crippen LogP contribution in [-0.2, 0) is 4.79 Å². The summed E-state index contributed by atoms with van der Waals surface area (Å²) in [5.74, 6) is 1.41. The Morgan fingerprint density at radius 1 is 1.09 bits per heavy atom. The summed E-state index contributed by atoms with van der Waals surface area (Å²) in [6.07, 6.45) is 2.65. The van der Waals surface area contributed by atoms with Crippen molar-refractivity contribution in [1.29, 1.82) is 0 Å². The van der Waals surface area contributed by atoms with Gasteiger partial charge in [0.15, 0.2) is 6.10 Å². The van der Waals surface area contributed by atoms with Crippen molar-refractivity contribution in [2.24, 2.45) is 5.92 Å². The molecule has 1 saturated heterocycles. The highest BCUT2D eigenvalue weighted by Gasteiger charge is 2.22. The van der Waals surface area contributed by atoms with Crippen LogP contribution in [-0.4, -0.2) is 25.1 Å². The second-order valence-corrected chi connectivity index (χ2v) is 9.01. The molecule has 0 radical (unpaired) electrons. The monoisotopic (exact) mass is 430 g/mol. The molecule has 0 bridgehead atoms. The Balaban J connectivity index is 1.40. The molecule has 1 N–H and O–H groups in total. The number of piperidine rings is 1. The maximum atomic E-state index is 13.0. The summed E-state index contributed by atoms with van der Waals surface area (Å²) in [7, 11) is 0. The Bertz CT molecular complexity index is 1040. The fourth-order valence-electron chi connectivity index (χ4n) is 4.56. The summed E-state index contributed by atoms with van der Waals surface area (Å²) in [5.41, 5.74) is 2.37. The van der Waals surface area contributed by atoms with E-state index in [1.54, 1.807) is 0 Å². The van der Waals surface area contributed by atoms with Gasteiger partial charge in [-0.3, -0.25) is 4.79 Å². The lowest BCUT2D eigenvalue weighted by molar-refractivity contribution is -0.128. The average Bonchev–Trinajstić information content (AvgIpc) is 2.82. The highest BCUT2D eigenvalue weighted by Crippen LogP contribution is 2.27. The van der Waals surface area contributed by atoms with Crippen molar-refractivity contribution in [2.75, 3.05) is 18.0 Å². The number of nitrogens with zero attached hydrogens (tertiary/aromatic N) is 1. The van der Waals surface area contributed by atoms with E-state index in [0.717, 1.165) is 41.1 Å². The summed E-state index contributed by atoms with van der Waals surface area (Å²) in [4.78, 5) is 15.5. The van der Waals surface area contributed by atoms with E-state index in [9.17, 15) is 4.79 Å². The van der Waals surface area contributed by atoms with Gasteiger partial charge in [0.25, 0.3) is 5.91 Å². The van der Waals surface area contributed by atoms with Crippen LogP contribution in [0.1, 0.15) is 51.6 Å². The van der Waals surface area contributed by atoms with Crippen molar-refractivity contribution in [3.05, 3.63) is 72.3 Å². The van der Waals surface area contributed by atoms with E-state index in [-0.39, 0.29) is 11.9 Å². The number of rotatable bonds is 7. The molecule has 168 valence electrons. The summed E-state index contributed by atoms with van der Waals surface area (Å²) in [6, 6.07) is 22.6. The number of fused-ring (bicyclic) bond motifs is 1. The van der Waals surface area contributed by atoms with Crippen LogP contribution >= 0.6 is 0 Å². The van der Waals surface area contributed by atoms with E-state index < -0.39 is 6.10 Å². The molecule has 4 heteroatoms. The minimum atomic E-state index is -0.530. The number of nitrogens with one attached hydrogen (secondary N) is 1. The van der Waals surface area contributed by atoms with Gasteiger partial charge in [0, 0.05) is 24.2 Å². The molecule has 1 fully saturated rings. The number of carbonyl (C=O) groups is 1. The Kier molecular flexibility index (Phi) is 6.99. The standard InChI is InChI=1S/C28H34N2O2/c1-4-26(32-27-13-7-11-23-10-5-6-12-25(23)27)28(31)29-21(3)22-14-16-24(17-15-22)30-18-8-9-20(2)19-30/h5-7,10-17,20-21,26H,4,8-9,18-19H2,1-3H3,(H,29,31)/t20-,21-,26-/m0/s1. The fourth-order valence-corrected chi connectivity index (χ4v) is 4.56. The van der Waals surface area contributed by atoms with E-state index in [0.29, 0.717) is 6.42 Å². The largest absolute Gasteiger partial charge is 0.480 e. The molecule has 1 heterocycles. The van der Waals surface area contributed by atoms with Crippen LogP contribution in [0.5, 0.6) is 5.75 Å². The van der Waals surface area contributed by atoms with E-state index >= 15 is 0 Å². The zero-order chi connectivity index (χ0) is 22.5. The van der Waals surface area contributed by atoms with Crippen molar-refractivity contribution in [3.8, 4) is 5.75 Å². The van der Waals surface area contributed by atoms with Crippen LogP contribution < -0.4 is 15.0 Å². The first kappa shape index (κ1) is 22.2. The molecule has 0 unspecified atom stereocenters. The number of carbonyl (C=O) groups excluding carboxylic acids is 1. The first-order chi connectivity index (χ1) is 15.5. The van der Waals surface area contributed by atoms with Crippen molar-refractivity contribution < 1.29 is 9.53 Å². The van der Waals surface area contributed by atoms with E-state index in [4.69, 9.17) is 4.74 Å². The zero-order valence-electron chi connectivity index (χ0n) is 19.4. The fraction of sp³-hybridized carbons (Fsp3) is 0.393. The number of benzene rings is 3. The highest BCUT2D eigenvalue weighted by atomic mass is 16.5. The molecule has 0 saturated carbocycles. The van der Waals surface area contributed by atoms with Crippen molar-refractivity contribution in [2.45, 2.75) is 52.2 Å². The predicted octanol–water partition coefficient (Wildman–Crippen LogP) is 6.11. The van der Waals surface area contributed by atoms with E-state index in [2.05, 4.69) is 53.5 Å². The molecule has 1 amide bonds. The molecular weight excluding hydrogens is 396 g/mol. The highest BCUT2D eigenvalue weighted by molar-refractivity contribution is 5.89. The third-order valence-corrected chi connectivity index (χ3v) is 6.46. The Labute approximate surface area is 191 Å². The lowest BCUT2D eigenvalue weighted by Crippen LogP contribution is -2.39. The number of anilines is 1. The normalized spacial score (nSPS) is 18.2. The van der Waals surface area contributed by atoms with Gasteiger partial charge in [-0.05, 0) is 61.3 Å². The Hall–Kier alpha value is -3.01. The van der Waals surface area contributed by atoms with Gasteiger partial charge in [-0.2, -0.15) is 0 Å². The van der Waals surface area contributed by atoms with Gasteiger partial charge in [-0.15, -0.1) is 0 Å². The van der Waals surface area contributed by atoms with E-state index in [1.807, 2.05) is 44.2 Å². The van der Waals surface area contributed by atoms with Gasteiger partial charge in [-0.1, -0.05) is 62.4 Å². The second-order valence-electron chi connectivity index (χ2n) is 9.01. The molecule has 4 rings (SSSR count). The second kappa shape index (κ2) is 10.1. The van der Waals surface area contributed by atoms with Crippen LogP contribution in [0.3, 0.4) is 0 Å². The average molecular weight is 431 g/mol. The summed E-state index contributed by atoms with van der Waals surface area (Å²) in [6.45, 7) is 8.58. The smallest absolute Gasteiger partial charge is 0.261 e. The van der Waals surface area contributed by atoms with E-state index in [1.165, 1.54) is 18.5 Å². The predicted molar refractivity (Wildman–Crippen MR) is 132 cm³/mol. The molecule has 1 aliphatic rings. The quantitative estimate of drug-likeness (QED) is 0.492. The maximum Gasteiger partial charge on any atom is 0.261 e. The molecule has 4 nitrogen and oxygen atoms in total. The van der Waals surface area contributed by atoms with Crippen LogP contribution in [0.25, 0.3) is 10.8 Å². The molecule has 0 spiro atoms. The van der Waals surface area contributed by atoms with Crippen LogP contribution in [0, 0.1) is 5.92 Å². The van der Waals surface area contributed by atoms with Gasteiger partial charge >= 0.3 is 0 Å². The third kappa shape index (κ3) is 5.07. The van der Waals surface area contributed by atoms with Gasteiger partial charge < -0.3 is 15.0 Å². The van der Waals surface area contributed by atoms with Crippen molar-refractivity contribution in [3.63, 3.8) is 0 Å². The topological polar surface area (TPSA) is 41.6 Å². The van der Waals surface area contributed by atoms with Crippen LogP contribution in [0.2, 0.25) is 0 Å². The van der Waals surface area contributed by atoms with Gasteiger partial charge in [0.05, 0.1) is 6.04 Å². The summed E-state index contributed by atoms with van der Waals surface area (Å²) < 4.78 is 6.17. The molecule has 1 aliphatic heterocycles. The van der Waals surface area contributed by atoms with Crippen molar-refractivity contribution in [1.82, 2.24) is 5.32 Å². The lowest BCUT2D eigenvalue weighted by atomic mass is 9.99. The lowest BCUT2D eigenvalue weighted by Gasteiger charge is -2.33. The Morgan fingerprint density at radius 2 is 1.84 bits per heavy atom. The number of amides is 1. The Morgan fingerprint density at radius 3 is 2.59 bits per heavy atom. The van der Waals surface area contributed by atoms with Gasteiger partial charge in [0.2, 0.25) is 0 Å². The van der Waals surface area contributed by atoms with Gasteiger partial charge in [-0.25, -0.2) is 0 Å². The minimum absolute atomic E-state index is 0.0815. The number of ether oxygens (including phenoxy) is 1. The van der Waals surface area contributed by atoms with Gasteiger partial charge in [0.1, 0.15) is 5.75 Å². The first-order valence-corrected chi connectivity index (χ1v) is 11.8. The van der Waals surface area contributed by atoms with Crippen LogP contribution in [0.15, 0.2) is 66.7 Å². The number of hydrogen-bond acceptors (Lipinski definition) is 3. The summed E-state index contributed by atoms with van der Waals surface area (Å²) >= 11 is 0. The SMILES string of the molecule is CC[C@H](Oc1cccc2ccccc12)C(=O)N[C@@H](C)c1ccc(N2CCC[C@H](C)C2)cc1. The molecule has 0 aromatic heterocycles. The molecule has 0 aliphatic carbocycles. The first-order valence-electron chi connectivity index (χ1n) is 11.8. The molecule has 32 heavy (non-hydrogen) atoms. The van der Waals surface area contributed by atoms with Crippen LogP contribution in [0.4, 0.5) is 5.69 Å². The zero-order valence-corrected chi connectivity index (χ0v) is 19.4. The minimum Gasteiger partial charge on any atom is -0.480 e. The number of hydrogen-bond donors (Lipinski definition) is 1. The maximum absolute atomic E-state index is 13.0. The summed E-state index contributed by atoms with van der Waals surface area (Å²) in [5, 5.41) is 5.28. The molecule has 3 atom stereocenters. The molecule has 3 aromatic carbocycles. The molecular formula is C28H34N2O2. The van der Waals surface area contributed by atoms with Crippen molar-refractivity contribution >= 4 is 22.4 Å².